The molecule has 134 valence electrons. The van der Waals surface area contributed by atoms with Crippen LogP contribution in [0.2, 0.25) is 0 Å². The Morgan fingerprint density at radius 2 is 1.88 bits per heavy atom. The maximum atomic E-state index is 12.4. The highest BCUT2D eigenvalue weighted by Crippen LogP contribution is 2.25. The molecule has 0 radical (unpaired) electrons. The number of ether oxygens (including phenoxy) is 1. The number of carbonyl (C=O) groups excluding carboxylic acids is 1. The number of ketones is 1. The molecular formula is C15H16F2N4O4. The van der Waals surface area contributed by atoms with Gasteiger partial charge in [0.15, 0.2) is 5.78 Å². The van der Waals surface area contributed by atoms with Gasteiger partial charge in [0.2, 0.25) is 0 Å². The number of nitrogens with zero attached hydrogens (tertiary/aromatic N) is 2. The number of Topliss-reactive ketones (excluding diaryl/α,β-unsaturated/α-hetero) is 1. The van der Waals surface area contributed by atoms with Crippen LogP contribution < -0.4 is 27.0 Å². The first kappa shape index (κ1) is 18.2. The smallest absolute Gasteiger partial charge is 0.387 e. The van der Waals surface area contributed by atoms with E-state index in [1.54, 1.807) is 6.07 Å². The Morgan fingerprint density at radius 3 is 2.52 bits per heavy atom. The molecule has 1 aromatic carbocycles. The standard InChI is InChI=1S/C15H16F2N4O4/c1-20-12(18)11(13(23)21(2)15(20)24)9(22)7-19-8-5-3-4-6-10(8)25-14(16)17/h3-6,14,19H,7,18H2,1-2H3. The van der Waals surface area contributed by atoms with Gasteiger partial charge in [0, 0.05) is 14.1 Å². The summed E-state index contributed by atoms with van der Waals surface area (Å²) in [4.78, 5) is 36.2. The van der Waals surface area contributed by atoms with Crippen molar-refractivity contribution in [2.45, 2.75) is 6.61 Å². The molecule has 0 unspecified atom stereocenters. The van der Waals surface area contributed by atoms with E-state index in [4.69, 9.17) is 5.73 Å². The highest BCUT2D eigenvalue weighted by Gasteiger charge is 2.20. The van der Waals surface area contributed by atoms with Gasteiger partial charge in [0.1, 0.15) is 17.1 Å². The molecule has 0 aliphatic heterocycles. The summed E-state index contributed by atoms with van der Waals surface area (Å²) in [7, 11) is 2.55. The normalized spacial score (nSPS) is 10.8. The van der Waals surface area contributed by atoms with Gasteiger partial charge >= 0.3 is 12.3 Å². The number of carbonyl (C=O) groups is 1. The van der Waals surface area contributed by atoms with E-state index in [1.165, 1.54) is 32.3 Å². The van der Waals surface area contributed by atoms with E-state index in [0.717, 1.165) is 9.13 Å². The number of anilines is 2. The number of nitrogen functional groups attached to an aromatic ring is 1. The monoisotopic (exact) mass is 354 g/mol. The average Bonchev–Trinajstić information content (AvgIpc) is 2.57. The lowest BCUT2D eigenvalue weighted by molar-refractivity contribution is -0.0493. The number of halogens is 2. The molecule has 8 nitrogen and oxygen atoms in total. The van der Waals surface area contributed by atoms with Crippen molar-refractivity contribution in [3.8, 4) is 5.75 Å². The first-order valence-electron chi connectivity index (χ1n) is 7.10. The maximum Gasteiger partial charge on any atom is 0.387 e. The minimum atomic E-state index is -3.02. The van der Waals surface area contributed by atoms with Gasteiger partial charge in [-0.2, -0.15) is 8.78 Å². The first-order valence-corrected chi connectivity index (χ1v) is 7.10. The van der Waals surface area contributed by atoms with Crippen molar-refractivity contribution in [2.75, 3.05) is 17.6 Å². The number of rotatable bonds is 6. The van der Waals surface area contributed by atoms with Gasteiger partial charge in [0.05, 0.1) is 12.2 Å². The fourth-order valence-corrected chi connectivity index (χ4v) is 2.20. The summed E-state index contributed by atoms with van der Waals surface area (Å²) < 4.78 is 30.9. The number of nitrogens with two attached hydrogens (primary N) is 1. The van der Waals surface area contributed by atoms with Crippen molar-refractivity contribution >= 4 is 17.3 Å². The van der Waals surface area contributed by atoms with Crippen molar-refractivity contribution in [1.29, 1.82) is 0 Å². The third-order valence-electron chi connectivity index (χ3n) is 3.53. The minimum Gasteiger partial charge on any atom is -0.433 e. The van der Waals surface area contributed by atoms with E-state index in [-0.39, 0.29) is 22.8 Å². The second kappa shape index (κ2) is 7.16. The number of para-hydroxylation sites is 2. The SMILES string of the molecule is Cn1c(N)c(C(=O)CNc2ccccc2OC(F)F)c(=O)n(C)c1=O. The molecule has 3 N–H and O–H groups in total. The molecule has 0 bridgehead atoms. The van der Waals surface area contributed by atoms with Gasteiger partial charge in [-0.05, 0) is 12.1 Å². The van der Waals surface area contributed by atoms with E-state index in [1.807, 2.05) is 0 Å². The van der Waals surface area contributed by atoms with Crippen molar-refractivity contribution in [2.24, 2.45) is 14.1 Å². The lowest BCUT2D eigenvalue weighted by atomic mass is 10.2. The summed E-state index contributed by atoms with van der Waals surface area (Å²) in [5, 5.41) is 2.63. The highest BCUT2D eigenvalue weighted by molar-refractivity contribution is 6.02. The quantitative estimate of drug-likeness (QED) is 0.734. The molecule has 0 amide bonds. The molecule has 0 atom stereocenters. The zero-order valence-corrected chi connectivity index (χ0v) is 13.5. The van der Waals surface area contributed by atoms with Crippen LogP contribution in [0.25, 0.3) is 0 Å². The summed E-state index contributed by atoms with van der Waals surface area (Å²) >= 11 is 0. The average molecular weight is 354 g/mol. The predicted octanol–water partition coefficient (Wildman–Crippen LogP) is 0.562. The zero-order valence-electron chi connectivity index (χ0n) is 13.5. The number of hydrogen-bond acceptors (Lipinski definition) is 6. The van der Waals surface area contributed by atoms with Gasteiger partial charge in [-0.3, -0.25) is 18.7 Å². The van der Waals surface area contributed by atoms with Gasteiger partial charge in [0.25, 0.3) is 5.56 Å². The van der Waals surface area contributed by atoms with Crippen molar-refractivity contribution < 1.29 is 18.3 Å². The van der Waals surface area contributed by atoms with E-state index >= 15 is 0 Å². The van der Waals surface area contributed by atoms with Crippen LogP contribution in [-0.2, 0) is 14.1 Å². The molecule has 2 rings (SSSR count). The lowest BCUT2D eigenvalue weighted by Gasteiger charge is -2.13. The van der Waals surface area contributed by atoms with Crippen LogP contribution in [0.1, 0.15) is 10.4 Å². The number of nitrogens with one attached hydrogen (secondary N) is 1. The van der Waals surface area contributed by atoms with Gasteiger partial charge in [-0.1, -0.05) is 12.1 Å². The van der Waals surface area contributed by atoms with Crippen LogP contribution in [0.15, 0.2) is 33.9 Å². The number of benzene rings is 1. The third-order valence-corrected chi connectivity index (χ3v) is 3.53. The Labute approximate surface area is 140 Å². The number of aromatic nitrogens is 2. The van der Waals surface area contributed by atoms with Crippen LogP contribution in [0.4, 0.5) is 20.3 Å². The maximum absolute atomic E-state index is 12.4. The topological polar surface area (TPSA) is 108 Å². The molecule has 10 heteroatoms. The molecule has 2 aromatic rings. The molecule has 25 heavy (non-hydrogen) atoms. The zero-order chi connectivity index (χ0) is 18.7. The van der Waals surface area contributed by atoms with Crippen LogP contribution in [-0.4, -0.2) is 28.1 Å². The Balaban J connectivity index is 2.29. The molecule has 1 heterocycles. The van der Waals surface area contributed by atoms with Crippen molar-refractivity contribution in [1.82, 2.24) is 9.13 Å². The number of hydrogen-bond donors (Lipinski definition) is 2. The first-order chi connectivity index (χ1) is 11.7. The van der Waals surface area contributed by atoms with E-state index in [0.29, 0.717) is 0 Å². The summed E-state index contributed by atoms with van der Waals surface area (Å²) in [6.07, 6.45) is 0. The van der Waals surface area contributed by atoms with Gasteiger partial charge in [-0.25, -0.2) is 4.79 Å². The molecule has 0 fully saturated rings. The fourth-order valence-electron chi connectivity index (χ4n) is 2.20. The summed E-state index contributed by atoms with van der Waals surface area (Å²) in [5.41, 5.74) is 3.99. The molecular weight excluding hydrogens is 338 g/mol. The largest absolute Gasteiger partial charge is 0.433 e. The second-order valence-corrected chi connectivity index (χ2v) is 5.12. The molecule has 0 spiro atoms. The molecule has 0 saturated heterocycles. The Kier molecular flexibility index (Phi) is 5.20. The van der Waals surface area contributed by atoms with Crippen molar-refractivity contribution in [3.63, 3.8) is 0 Å². The van der Waals surface area contributed by atoms with E-state index in [9.17, 15) is 23.2 Å². The minimum absolute atomic E-state index is 0.147. The fraction of sp³-hybridized carbons (Fsp3) is 0.267. The number of alkyl halides is 2. The van der Waals surface area contributed by atoms with Gasteiger partial charge < -0.3 is 15.8 Å². The molecule has 0 aliphatic carbocycles. The van der Waals surface area contributed by atoms with Crippen LogP contribution >= 0.6 is 0 Å². The highest BCUT2D eigenvalue weighted by atomic mass is 19.3. The van der Waals surface area contributed by atoms with Crippen LogP contribution in [0.5, 0.6) is 5.75 Å². The Hall–Kier alpha value is -3.17. The van der Waals surface area contributed by atoms with E-state index < -0.39 is 30.2 Å². The summed E-state index contributed by atoms with van der Waals surface area (Å²) in [6.45, 7) is -3.42. The second-order valence-electron chi connectivity index (χ2n) is 5.12. The summed E-state index contributed by atoms with van der Waals surface area (Å²) in [6, 6.07) is 5.79. The third kappa shape index (κ3) is 3.67. The summed E-state index contributed by atoms with van der Waals surface area (Å²) in [5.74, 6) is -1.11. The lowest BCUT2D eigenvalue weighted by Crippen LogP contribution is -2.42. The van der Waals surface area contributed by atoms with Crippen LogP contribution in [0, 0.1) is 0 Å². The van der Waals surface area contributed by atoms with Gasteiger partial charge in [-0.15, -0.1) is 0 Å². The predicted molar refractivity (Wildman–Crippen MR) is 87.2 cm³/mol. The Morgan fingerprint density at radius 1 is 1.24 bits per heavy atom. The molecule has 1 aromatic heterocycles. The Bertz CT molecular complexity index is 921. The van der Waals surface area contributed by atoms with Crippen molar-refractivity contribution in [3.05, 3.63) is 50.7 Å². The molecule has 0 aliphatic rings. The van der Waals surface area contributed by atoms with Crippen LogP contribution in [0.3, 0.4) is 0 Å². The molecule has 0 saturated carbocycles. The van der Waals surface area contributed by atoms with E-state index in [2.05, 4.69) is 10.1 Å².